The van der Waals surface area contributed by atoms with Crippen molar-refractivity contribution in [3.63, 3.8) is 0 Å². The molecule has 1 N–H and O–H groups in total. The van der Waals surface area contributed by atoms with Crippen LogP contribution in [-0.2, 0) is 4.74 Å². The number of hydrogen-bond acceptors (Lipinski definition) is 3. The zero-order valence-corrected chi connectivity index (χ0v) is 9.95. The van der Waals surface area contributed by atoms with Crippen molar-refractivity contribution in [1.82, 2.24) is 15.1 Å². The highest BCUT2D eigenvalue weighted by molar-refractivity contribution is 5.74. The van der Waals surface area contributed by atoms with E-state index < -0.39 is 0 Å². The van der Waals surface area contributed by atoms with Crippen molar-refractivity contribution in [1.29, 1.82) is 0 Å². The van der Waals surface area contributed by atoms with Gasteiger partial charge >= 0.3 is 6.03 Å². The predicted molar refractivity (Wildman–Crippen MR) is 61.4 cm³/mol. The lowest BCUT2D eigenvalue weighted by Gasteiger charge is -2.23. The SMILES string of the molecule is CN1CCCN(C(=O)NC2CCOC2)CC1. The molecule has 2 fully saturated rings. The normalized spacial score (nSPS) is 27.8. The van der Waals surface area contributed by atoms with Crippen LogP contribution in [0.25, 0.3) is 0 Å². The minimum absolute atomic E-state index is 0.0748. The molecule has 0 aromatic rings. The van der Waals surface area contributed by atoms with Crippen molar-refractivity contribution in [2.45, 2.75) is 18.9 Å². The fourth-order valence-electron chi connectivity index (χ4n) is 2.16. The Morgan fingerprint density at radius 2 is 2.19 bits per heavy atom. The van der Waals surface area contributed by atoms with Gasteiger partial charge in [0.15, 0.2) is 0 Å². The van der Waals surface area contributed by atoms with Gasteiger partial charge in [-0.1, -0.05) is 0 Å². The summed E-state index contributed by atoms with van der Waals surface area (Å²) in [4.78, 5) is 16.1. The van der Waals surface area contributed by atoms with Crippen LogP contribution in [0.3, 0.4) is 0 Å². The maximum Gasteiger partial charge on any atom is 0.317 e. The second-order valence-corrected chi connectivity index (χ2v) is 4.65. The molecule has 2 amide bonds. The summed E-state index contributed by atoms with van der Waals surface area (Å²) in [6, 6.07) is 0.291. The average Bonchev–Trinajstić information content (AvgIpc) is 2.66. The van der Waals surface area contributed by atoms with Gasteiger partial charge < -0.3 is 19.9 Å². The molecule has 0 aromatic heterocycles. The van der Waals surface area contributed by atoms with Crippen LogP contribution in [0.2, 0.25) is 0 Å². The van der Waals surface area contributed by atoms with E-state index in [-0.39, 0.29) is 12.1 Å². The summed E-state index contributed by atoms with van der Waals surface area (Å²) >= 11 is 0. The van der Waals surface area contributed by atoms with Gasteiger partial charge in [-0.05, 0) is 26.4 Å². The smallest absolute Gasteiger partial charge is 0.317 e. The molecule has 0 aliphatic carbocycles. The molecule has 0 saturated carbocycles. The molecule has 0 bridgehead atoms. The molecule has 0 radical (unpaired) electrons. The number of nitrogens with one attached hydrogen (secondary N) is 1. The Balaban J connectivity index is 1.78. The van der Waals surface area contributed by atoms with Gasteiger partial charge in [0, 0.05) is 26.2 Å². The molecule has 2 saturated heterocycles. The van der Waals surface area contributed by atoms with Crippen molar-refractivity contribution in [2.24, 2.45) is 0 Å². The van der Waals surface area contributed by atoms with Crippen LogP contribution in [-0.4, -0.2) is 68.3 Å². The molecule has 2 rings (SSSR count). The van der Waals surface area contributed by atoms with Crippen LogP contribution in [0.15, 0.2) is 0 Å². The Morgan fingerprint density at radius 1 is 1.31 bits per heavy atom. The summed E-state index contributed by atoms with van der Waals surface area (Å²) in [5, 5.41) is 3.03. The summed E-state index contributed by atoms with van der Waals surface area (Å²) in [6.45, 7) is 5.18. The van der Waals surface area contributed by atoms with E-state index in [0.717, 1.165) is 45.6 Å². The summed E-state index contributed by atoms with van der Waals surface area (Å²) in [5.74, 6) is 0. The molecule has 2 aliphatic rings. The molecule has 2 heterocycles. The second kappa shape index (κ2) is 5.50. The number of rotatable bonds is 1. The van der Waals surface area contributed by atoms with E-state index in [0.29, 0.717) is 6.61 Å². The van der Waals surface area contributed by atoms with Crippen molar-refractivity contribution < 1.29 is 9.53 Å². The molecular weight excluding hydrogens is 206 g/mol. The predicted octanol–water partition coefficient (Wildman–Crippen LogP) is 0.122. The topological polar surface area (TPSA) is 44.8 Å². The Morgan fingerprint density at radius 3 is 2.94 bits per heavy atom. The number of nitrogens with zero attached hydrogens (tertiary/aromatic N) is 2. The van der Waals surface area contributed by atoms with Gasteiger partial charge in [0.1, 0.15) is 0 Å². The summed E-state index contributed by atoms with van der Waals surface area (Å²) in [7, 11) is 2.10. The molecule has 16 heavy (non-hydrogen) atoms. The monoisotopic (exact) mass is 227 g/mol. The zero-order valence-electron chi connectivity index (χ0n) is 9.95. The Bertz CT molecular complexity index is 241. The van der Waals surface area contributed by atoms with E-state index in [1.54, 1.807) is 0 Å². The summed E-state index contributed by atoms with van der Waals surface area (Å²) in [5.41, 5.74) is 0. The second-order valence-electron chi connectivity index (χ2n) is 4.65. The highest BCUT2D eigenvalue weighted by atomic mass is 16.5. The van der Waals surface area contributed by atoms with Gasteiger partial charge in [-0.2, -0.15) is 0 Å². The third kappa shape index (κ3) is 3.09. The van der Waals surface area contributed by atoms with Crippen molar-refractivity contribution >= 4 is 6.03 Å². The van der Waals surface area contributed by atoms with Crippen LogP contribution < -0.4 is 5.32 Å². The van der Waals surface area contributed by atoms with Gasteiger partial charge in [-0.3, -0.25) is 0 Å². The van der Waals surface area contributed by atoms with Gasteiger partial charge in [0.25, 0.3) is 0 Å². The molecule has 0 spiro atoms. The third-order valence-corrected chi connectivity index (χ3v) is 3.26. The van der Waals surface area contributed by atoms with Gasteiger partial charge in [-0.15, -0.1) is 0 Å². The number of ether oxygens (including phenoxy) is 1. The molecule has 5 nitrogen and oxygen atoms in total. The first-order chi connectivity index (χ1) is 7.75. The molecule has 1 unspecified atom stereocenters. The van der Waals surface area contributed by atoms with E-state index in [4.69, 9.17) is 4.74 Å². The quantitative estimate of drug-likeness (QED) is 0.692. The maximum absolute atomic E-state index is 12.0. The zero-order chi connectivity index (χ0) is 11.4. The first kappa shape index (κ1) is 11.7. The Labute approximate surface area is 96.7 Å². The summed E-state index contributed by atoms with van der Waals surface area (Å²) < 4.78 is 5.25. The molecule has 5 heteroatoms. The molecule has 0 aromatic carbocycles. The lowest BCUT2D eigenvalue weighted by Crippen LogP contribution is -2.46. The Hall–Kier alpha value is -0.810. The molecule has 2 aliphatic heterocycles. The third-order valence-electron chi connectivity index (χ3n) is 3.26. The fraction of sp³-hybridized carbons (Fsp3) is 0.909. The molecular formula is C11H21N3O2. The van der Waals surface area contributed by atoms with Gasteiger partial charge in [0.05, 0.1) is 12.6 Å². The minimum atomic E-state index is 0.0748. The lowest BCUT2D eigenvalue weighted by molar-refractivity contribution is 0.178. The molecule has 92 valence electrons. The number of amides is 2. The summed E-state index contributed by atoms with van der Waals surface area (Å²) in [6.07, 6.45) is 2.00. The van der Waals surface area contributed by atoms with E-state index in [1.165, 1.54) is 0 Å². The van der Waals surface area contributed by atoms with E-state index in [1.807, 2.05) is 4.90 Å². The van der Waals surface area contributed by atoms with Crippen LogP contribution in [0.1, 0.15) is 12.8 Å². The number of carbonyl (C=O) groups excluding carboxylic acids is 1. The van der Waals surface area contributed by atoms with Crippen molar-refractivity contribution in [2.75, 3.05) is 46.4 Å². The largest absolute Gasteiger partial charge is 0.379 e. The first-order valence-corrected chi connectivity index (χ1v) is 6.07. The van der Waals surface area contributed by atoms with Crippen LogP contribution in [0, 0.1) is 0 Å². The van der Waals surface area contributed by atoms with Crippen molar-refractivity contribution in [3.05, 3.63) is 0 Å². The minimum Gasteiger partial charge on any atom is -0.379 e. The van der Waals surface area contributed by atoms with E-state index in [2.05, 4.69) is 17.3 Å². The van der Waals surface area contributed by atoms with Gasteiger partial charge in [-0.25, -0.2) is 4.79 Å². The lowest BCUT2D eigenvalue weighted by atomic mass is 10.3. The average molecular weight is 227 g/mol. The highest BCUT2D eigenvalue weighted by Crippen LogP contribution is 2.06. The highest BCUT2D eigenvalue weighted by Gasteiger charge is 2.22. The fourth-order valence-corrected chi connectivity index (χ4v) is 2.16. The number of urea groups is 1. The van der Waals surface area contributed by atoms with Crippen LogP contribution in [0.4, 0.5) is 4.79 Å². The maximum atomic E-state index is 12.0. The molecule has 1 atom stereocenters. The van der Waals surface area contributed by atoms with Crippen LogP contribution in [0.5, 0.6) is 0 Å². The van der Waals surface area contributed by atoms with Crippen molar-refractivity contribution in [3.8, 4) is 0 Å². The van der Waals surface area contributed by atoms with E-state index >= 15 is 0 Å². The standard InChI is InChI=1S/C11H21N3O2/c1-13-4-2-5-14(7-6-13)11(15)12-10-3-8-16-9-10/h10H,2-9H2,1H3,(H,12,15). The Kier molecular flexibility index (Phi) is 4.01. The van der Waals surface area contributed by atoms with Crippen LogP contribution >= 0.6 is 0 Å². The number of likely N-dealkylation sites (N-methyl/N-ethyl adjacent to an activating group) is 1. The number of carbonyl (C=O) groups is 1. The van der Waals surface area contributed by atoms with Gasteiger partial charge in [0.2, 0.25) is 0 Å². The number of hydrogen-bond donors (Lipinski definition) is 1. The van der Waals surface area contributed by atoms with E-state index in [9.17, 15) is 4.79 Å². The first-order valence-electron chi connectivity index (χ1n) is 6.07.